The fourth-order valence-corrected chi connectivity index (χ4v) is 3.59. The monoisotopic (exact) mass is 348 g/mol. The smallest absolute Gasteiger partial charge is 0.259 e. The van der Waals surface area contributed by atoms with Gasteiger partial charge in [0.1, 0.15) is 11.3 Å². The highest BCUT2D eigenvalue weighted by atomic mass is 16.5. The lowest BCUT2D eigenvalue weighted by molar-refractivity contribution is 0.0783. The van der Waals surface area contributed by atoms with Crippen molar-refractivity contribution in [3.05, 3.63) is 75.6 Å². The molecule has 0 fully saturated rings. The van der Waals surface area contributed by atoms with Crippen LogP contribution < -0.4 is 10.2 Å². The summed E-state index contributed by atoms with van der Waals surface area (Å²) in [6, 6.07) is 13.3. The number of nitrogens with zero attached hydrogens (tertiary/aromatic N) is 2. The van der Waals surface area contributed by atoms with Gasteiger partial charge in [-0.05, 0) is 35.7 Å². The Balaban J connectivity index is 1.66. The molecule has 0 N–H and O–H groups in total. The van der Waals surface area contributed by atoms with E-state index in [4.69, 9.17) is 4.74 Å². The van der Waals surface area contributed by atoms with Crippen LogP contribution in [0.2, 0.25) is 0 Å². The largest absolute Gasteiger partial charge is 0.497 e. The van der Waals surface area contributed by atoms with Gasteiger partial charge in [-0.25, -0.2) is 0 Å². The summed E-state index contributed by atoms with van der Waals surface area (Å²) in [5.41, 5.74) is 3.16. The average molecular weight is 348 g/mol. The molecule has 0 saturated carbocycles. The van der Waals surface area contributed by atoms with Crippen LogP contribution in [0.5, 0.6) is 5.75 Å². The van der Waals surface area contributed by atoms with Crippen molar-refractivity contribution in [1.82, 2.24) is 9.47 Å². The number of carbonyl (C=O) groups is 1. The van der Waals surface area contributed by atoms with E-state index in [9.17, 15) is 9.59 Å². The summed E-state index contributed by atoms with van der Waals surface area (Å²) in [6.07, 6.45) is 2.62. The van der Waals surface area contributed by atoms with E-state index < -0.39 is 0 Å². The number of carbonyl (C=O) groups excluding carboxylic acids is 1. The summed E-state index contributed by atoms with van der Waals surface area (Å²) in [5, 5.41) is 0.628. The lowest BCUT2D eigenvalue weighted by Crippen LogP contribution is -2.31. The molecule has 2 heterocycles. The van der Waals surface area contributed by atoms with Crippen molar-refractivity contribution in [2.45, 2.75) is 19.5 Å². The molecule has 4 rings (SSSR count). The minimum Gasteiger partial charge on any atom is -0.497 e. The highest BCUT2D eigenvalue weighted by Crippen LogP contribution is 2.24. The first-order chi connectivity index (χ1) is 12.6. The number of methoxy groups -OCH3 is 1. The maximum Gasteiger partial charge on any atom is 0.259 e. The Bertz CT molecular complexity index is 1050. The van der Waals surface area contributed by atoms with Gasteiger partial charge < -0.3 is 14.2 Å². The number of aromatic nitrogens is 1. The number of ether oxygens (including phenoxy) is 1. The summed E-state index contributed by atoms with van der Waals surface area (Å²) in [6.45, 7) is 1.24. The Morgan fingerprint density at radius 1 is 1.19 bits per heavy atom. The van der Waals surface area contributed by atoms with Crippen molar-refractivity contribution < 1.29 is 9.53 Å². The maximum atomic E-state index is 12.9. The van der Waals surface area contributed by atoms with Gasteiger partial charge in [0.25, 0.3) is 5.91 Å². The molecular formula is C21H20N2O3. The third kappa shape index (κ3) is 2.65. The normalized spacial score (nSPS) is 12.4. The summed E-state index contributed by atoms with van der Waals surface area (Å²) in [7, 11) is 3.34. The second-order valence-electron chi connectivity index (χ2n) is 6.64. The number of rotatable bonds is 4. The van der Waals surface area contributed by atoms with Crippen LogP contribution in [0.3, 0.4) is 0 Å². The van der Waals surface area contributed by atoms with Gasteiger partial charge in [-0.3, -0.25) is 9.59 Å². The predicted octanol–water partition coefficient (Wildman–Crippen LogP) is 2.84. The lowest BCUT2D eigenvalue weighted by atomic mass is 10.1. The van der Waals surface area contributed by atoms with E-state index in [1.807, 2.05) is 47.0 Å². The van der Waals surface area contributed by atoms with Crippen LogP contribution in [-0.2, 0) is 19.5 Å². The van der Waals surface area contributed by atoms with Gasteiger partial charge >= 0.3 is 0 Å². The molecule has 0 bridgehead atoms. The lowest BCUT2D eigenvalue weighted by Gasteiger charge is -2.18. The molecular weight excluding hydrogens is 328 g/mol. The molecule has 5 heteroatoms. The summed E-state index contributed by atoms with van der Waals surface area (Å²) < 4.78 is 7.18. The molecule has 1 amide bonds. The van der Waals surface area contributed by atoms with E-state index in [0.717, 1.165) is 29.8 Å². The Hall–Kier alpha value is -3.08. The number of benzene rings is 2. The number of hydrogen-bond acceptors (Lipinski definition) is 3. The predicted molar refractivity (Wildman–Crippen MR) is 101 cm³/mol. The minimum atomic E-state index is -0.256. The molecule has 0 unspecified atom stereocenters. The molecule has 0 aliphatic carbocycles. The van der Waals surface area contributed by atoms with Gasteiger partial charge in [-0.2, -0.15) is 0 Å². The number of pyridine rings is 1. The summed E-state index contributed by atoms with van der Waals surface area (Å²) in [4.78, 5) is 27.4. The van der Waals surface area contributed by atoms with Crippen LogP contribution in [0.4, 0.5) is 0 Å². The van der Waals surface area contributed by atoms with E-state index in [1.165, 1.54) is 5.56 Å². The van der Waals surface area contributed by atoms with Gasteiger partial charge in [-0.15, -0.1) is 0 Å². The van der Waals surface area contributed by atoms with Crippen molar-refractivity contribution in [2.75, 3.05) is 14.2 Å². The molecule has 1 aromatic heterocycles. The molecule has 3 aromatic rings. The van der Waals surface area contributed by atoms with Crippen molar-refractivity contribution in [2.24, 2.45) is 0 Å². The molecule has 0 spiro atoms. The van der Waals surface area contributed by atoms with Gasteiger partial charge in [-0.1, -0.05) is 24.3 Å². The first-order valence-electron chi connectivity index (χ1n) is 8.62. The SMILES string of the molecule is COc1ccc(CN(C)C(=O)c2cn3c4c(cccc4c2=O)CC3)cc1. The van der Waals surface area contributed by atoms with E-state index in [1.54, 1.807) is 25.3 Å². The second-order valence-corrected chi connectivity index (χ2v) is 6.64. The van der Waals surface area contributed by atoms with Crippen LogP contribution in [0.15, 0.2) is 53.5 Å². The fourth-order valence-electron chi connectivity index (χ4n) is 3.59. The van der Waals surface area contributed by atoms with Crippen LogP contribution in [0, 0.1) is 0 Å². The van der Waals surface area contributed by atoms with Crippen LogP contribution in [0.25, 0.3) is 10.9 Å². The number of aryl methyl sites for hydroxylation is 2. The zero-order valence-electron chi connectivity index (χ0n) is 14.9. The molecule has 5 nitrogen and oxygen atoms in total. The van der Waals surface area contributed by atoms with Crippen molar-refractivity contribution in [1.29, 1.82) is 0 Å². The van der Waals surface area contributed by atoms with Crippen LogP contribution in [0.1, 0.15) is 21.5 Å². The molecule has 1 aliphatic heterocycles. The second kappa shape index (κ2) is 6.33. The Morgan fingerprint density at radius 3 is 2.69 bits per heavy atom. The van der Waals surface area contributed by atoms with Crippen molar-refractivity contribution in [3.63, 3.8) is 0 Å². The standard InChI is InChI=1S/C21H20N2O3/c1-22(12-14-6-8-16(26-2)9-7-14)21(25)18-13-23-11-10-15-4-3-5-17(19(15)23)20(18)24/h3-9,13H,10-12H2,1-2H3. The van der Waals surface area contributed by atoms with E-state index in [-0.39, 0.29) is 16.9 Å². The van der Waals surface area contributed by atoms with Gasteiger partial charge in [0, 0.05) is 31.7 Å². The third-order valence-corrected chi connectivity index (χ3v) is 4.96. The number of para-hydroxylation sites is 1. The molecule has 0 radical (unpaired) electrons. The summed E-state index contributed by atoms with van der Waals surface area (Å²) in [5.74, 6) is 0.517. The quantitative estimate of drug-likeness (QED) is 0.728. The van der Waals surface area contributed by atoms with E-state index >= 15 is 0 Å². The van der Waals surface area contributed by atoms with Crippen molar-refractivity contribution in [3.8, 4) is 5.75 Å². The molecule has 0 saturated heterocycles. The van der Waals surface area contributed by atoms with E-state index in [0.29, 0.717) is 11.9 Å². The zero-order chi connectivity index (χ0) is 18.3. The van der Waals surface area contributed by atoms with Gasteiger partial charge in [0.2, 0.25) is 5.43 Å². The highest BCUT2D eigenvalue weighted by molar-refractivity contribution is 5.98. The average Bonchev–Trinajstić information content (AvgIpc) is 3.08. The molecule has 26 heavy (non-hydrogen) atoms. The van der Waals surface area contributed by atoms with Crippen LogP contribution in [-0.4, -0.2) is 29.5 Å². The number of hydrogen-bond donors (Lipinski definition) is 0. The van der Waals surface area contributed by atoms with Crippen LogP contribution >= 0.6 is 0 Å². The Labute approximate surface area is 151 Å². The highest BCUT2D eigenvalue weighted by Gasteiger charge is 2.22. The molecule has 0 atom stereocenters. The third-order valence-electron chi connectivity index (χ3n) is 4.96. The topological polar surface area (TPSA) is 51.5 Å². The molecule has 2 aromatic carbocycles. The molecule has 132 valence electrons. The van der Waals surface area contributed by atoms with Crippen molar-refractivity contribution >= 4 is 16.8 Å². The first-order valence-corrected chi connectivity index (χ1v) is 8.62. The van der Waals surface area contributed by atoms with Gasteiger partial charge in [0.05, 0.1) is 12.6 Å². The Kier molecular flexibility index (Phi) is 3.99. The van der Waals surface area contributed by atoms with E-state index in [2.05, 4.69) is 0 Å². The zero-order valence-corrected chi connectivity index (χ0v) is 14.9. The Morgan fingerprint density at radius 2 is 1.96 bits per heavy atom. The first kappa shape index (κ1) is 16.4. The fraction of sp³-hybridized carbons (Fsp3) is 0.238. The van der Waals surface area contributed by atoms with Gasteiger partial charge in [0.15, 0.2) is 0 Å². The summed E-state index contributed by atoms with van der Waals surface area (Å²) >= 11 is 0. The maximum absolute atomic E-state index is 12.9. The minimum absolute atomic E-state index is 0.188. The molecule has 1 aliphatic rings. The number of amides is 1.